The summed E-state index contributed by atoms with van der Waals surface area (Å²) < 4.78 is 22.5. The number of unbranched alkanes of at least 4 members (excludes halogenated alkanes) is 11. The fourth-order valence-corrected chi connectivity index (χ4v) is 4.69. The monoisotopic (exact) mass is 600 g/mol. The molecule has 0 aromatic heterocycles. The van der Waals surface area contributed by atoms with Crippen LogP contribution >= 0.6 is 7.82 Å². The van der Waals surface area contributed by atoms with Crippen LogP contribution in [-0.4, -0.2) is 68.5 Å². The highest BCUT2D eigenvalue weighted by atomic mass is 31.2. The minimum atomic E-state index is -4.55. The van der Waals surface area contributed by atoms with Crippen molar-refractivity contribution >= 4 is 13.7 Å². The molecule has 0 aromatic carbocycles. The van der Waals surface area contributed by atoms with Gasteiger partial charge in [-0.3, -0.25) is 9.36 Å². The predicted molar refractivity (Wildman–Crippen MR) is 168 cm³/mol. The van der Waals surface area contributed by atoms with Crippen molar-refractivity contribution in [2.45, 2.75) is 122 Å². The molecule has 0 radical (unpaired) electrons. The average Bonchev–Trinajstić information content (AvgIpc) is 2.91. The maximum atomic E-state index is 12.1. The third-order valence-corrected chi connectivity index (χ3v) is 7.61. The van der Waals surface area contributed by atoms with Gasteiger partial charge in [0, 0.05) is 6.42 Å². The Morgan fingerprint density at radius 1 is 0.829 bits per heavy atom. The molecule has 0 heterocycles. The Balaban J connectivity index is 4.17. The minimum Gasteiger partial charge on any atom is -0.756 e. The van der Waals surface area contributed by atoms with Gasteiger partial charge in [0.05, 0.1) is 39.9 Å². The van der Waals surface area contributed by atoms with Gasteiger partial charge in [-0.15, -0.1) is 0 Å². The van der Waals surface area contributed by atoms with E-state index in [4.69, 9.17) is 9.05 Å². The number of aliphatic hydroxyl groups excluding tert-OH is 1. The van der Waals surface area contributed by atoms with Gasteiger partial charge in [0.25, 0.3) is 7.82 Å². The van der Waals surface area contributed by atoms with Gasteiger partial charge < -0.3 is 28.8 Å². The van der Waals surface area contributed by atoms with Crippen LogP contribution in [0.25, 0.3) is 0 Å². The summed E-state index contributed by atoms with van der Waals surface area (Å²) in [4.78, 5) is 24.0. The van der Waals surface area contributed by atoms with Gasteiger partial charge in [-0.1, -0.05) is 102 Å². The molecule has 0 aliphatic carbocycles. The van der Waals surface area contributed by atoms with Crippen LogP contribution in [0.1, 0.15) is 110 Å². The lowest BCUT2D eigenvalue weighted by Gasteiger charge is -2.29. The third kappa shape index (κ3) is 27.3. The lowest BCUT2D eigenvalue weighted by atomic mass is 10.1. The maximum absolute atomic E-state index is 12.1. The van der Waals surface area contributed by atoms with Crippen LogP contribution in [0.2, 0.25) is 0 Å². The van der Waals surface area contributed by atoms with Crippen LogP contribution in [0.5, 0.6) is 0 Å². The number of aliphatic hydroxyl groups is 1. The van der Waals surface area contributed by atoms with E-state index < -0.39 is 26.6 Å². The average molecular weight is 601 g/mol. The summed E-state index contributed by atoms with van der Waals surface area (Å²) in [7, 11) is 1.22. The minimum absolute atomic E-state index is 0.0120. The SMILES string of the molecule is CCCCCCCCCCC/C=C/CC/C=C/CC/C=C/C(O)C(COP(=O)([O-])OCC[N+](C)(C)C)NC(=O)CC. The van der Waals surface area contributed by atoms with Crippen LogP contribution in [-0.2, 0) is 18.4 Å². The molecule has 0 aromatic rings. The molecule has 2 N–H and O–H groups in total. The third-order valence-electron chi connectivity index (χ3n) is 6.64. The van der Waals surface area contributed by atoms with Gasteiger partial charge in [0.15, 0.2) is 0 Å². The zero-order chi connectivity index (χ0) is 30.8. The van der Waals surface area contributed by atoms with E-state index in [0.717, 1.165) is 25.7 Å². The van der Waals surface area contributed by atoms with Crippen molar-refractivity contribution in [1.29, 1.82) is 0 Å². The molecule has 3 atom stereocenters. The number of carbonyl (C=O) groups excluding carboxylic acids is 1. The van der Waals surface area contributed by atoms with Crippen LogP contribution in [0.15, 0.2) is 36.5 Å². The van der Waals surface area contributed by atoms with Gasteiger partial charge in [0.2, 0.25) is 5.91 Å². The fraction of sp³-hybridized carbons (Fsp3) is 0.781. The Kier molecular flexibility index (Phi) is 24.5. The quantitative estimate of drug-likeness (QED) is 0.0476. The second-order valence-corrected chi connectivity index (χ2v) is 13.2. The first kappa shape index (κ1) is 39.7. The lowest BCUT2D eigenvalue weighted by Crippen LogP contribution is -2.45. The summed E-state index contributed by atoms with van der Waals surface area (Å²) in [6.45, 7) is 4.01. The number of hydrogen-bond acceptors (Lipinski definition) is 6. The lowest BCUT2D eigenvalue weighted by molar-refractivity contribution is -0.870. The molecule has 0 spiro atoms. The van der Waals surface area contributed by atoms with Gasteiger partial charge >= 0.3 is 0 Å². The van der Waals surface area contributed by atoms with E-state index in [0.29, 0.717) is 11.0 Å². The van der Waals surface area contributed by atoms with E-state index in [1.165, 1.54) is 64.2 Å². The van der Waals surface area contributed by atoms with Gasteiger partial charge in [-0.05, 0) is 38.5 Å². The molecular weight excluding hydrogens is 539 g/mol. The molecular formula is C32H61N2O6P. The molecule has 0 rings (SSSR count). The first-order valence-corrected chi connectivity index (χ1v) is 17.3. The molecule has 9 heteroatoms. The first-order valence-electron chi connectivity index (χ1n) is 15.9. The van der Waals surface area contributed by atoms with Gasteiger partial charge in [0.1, 0.15) is 13.2 Å². The van der Waals surface area contributed by atoms with E-state index >= 15 is 0 Å². The smallest absolute Gasteiger partial charge is 0.268 e. The Morgan fingerprint density at radius 3 is 1.88 bits per heavy atom. The molecule has 0 saturated heterocycles. The summed E-state index contributed by atoms with van der Waals surface area (Å²) in [5, 5.41) is 13.2. The number of amides is 1. The van der Waals surface area contributed by atoms with Crippen LogP contribution in [0, 0.1) is 0 Å². The van der Waals surface area contributed by atoms with Crippen molar-refractivity contribution in [1.82, 2.24) is 5.32 Å². The van der Waals surface area contributed by atoms with Crippen molar-refractivity contribution in [3.63, 3.8) is 0 Å². The molecule has 41 heavy (non-hydrogen) atoms. The van der Waals surface area contributed by atoms with Crippen molar-refractivity contribution in [3.8, 4) is 0 Å². The summed E-state index contributed by atoms with van der Waals surface area (Å²) in [6.07, 6.45) is 28.5. The van der Waals surface area contributed by atoms with Gasteiger partial charge in [-0.25, -0.2) is 0 Å². The number of phosphoric acid groups is 1. The summed E-state index contributed by atoms with van der Waals surface area (Å²) in [5.74, 6) is -0.303. The second kappa shape index (κ2) is 25.2. The van der Waals surface area contributed by atoms with Crippen molar-refractivity contribution in [3.05, 3.63) is 36.5 Å². The Labute approximate surface area is 251 Å². The largest absolute Gasteiger partial charge is 0.756 e. The number of quaternary nitrogens is 1. The van der Waals surface area contributed by atoms with E-state index in [-0.39, 0.29) is 18.9 Å². The summed E-state index contributed by atoms with van der Waals surface area (Å²) >= 11 is 0. The van der Waals surface area contributed by atoms with Crippen molar-refractivity contribution in [2.75, 3.05) is 40.9 Å². The number of likely N-dealkylation sites (N-methyl/N-ethyl adjacent to an activating group) is 1. The Morgan fingerprint density at radius 2 is 1.34 bits per heavy atom. The number of carbonyl (C=O) groups is 1. The normalized spacial score (nSPS) is 15.6. The number of phosphoric ester groups is 1. The summed E-state index contributed by atoms with van der Waals surface area (Å²) in [6, 6.07) is -0.902. The number of hydrogen-bond donors (Lipinski definition) is 2. The molecule has 0 aliphatic rings. The Hall–Kier alpha value is -1.28. The molecule has 0 fully saturated rings. The molecule has 0 bridgehead atoms. The second-order valence-electron chi connectivity index (χ2n) is 11.8. The van der Waals surface area contributed by atoms with E-state index in [9.17, 15) is 19.4 Å². The first-order chi connectivity index (χ1) is 19.5. The summed E-state index contributed by atoms with van der Waals surface area (Å²) in [5.41, 5.74) is 0. The highest BCUT2D eigenvalue weighted by Gasteiger charge is 2.22. The van der Waals surface area contributed by atoms with Crippen molar-refractivity contribution < 1.29 is 32.9 Å². The topological polar surface area (TPSA) is 108 Å². The fourth-order valence-electron chi connectivity index (χ4n) is 3.97. The van der Waals surface area contributed by atoms with Crippen LogP contribution in [0.3, 0.4) is 0 Å². The number of rotatable bonds is 27. The highest BCUT2D eigenvalue weighted by molar-refractivity contribution is 7.45. The molecule has 1 amide bonds. The molecule has 240 valence electrons. The van der Waals surface area contributed by atoms with Crippen LogP contribution < -0.4 is 10.2 Å². The van der Waals surface area contributed by atoms with Crippen LogP contribution in [0.4, 0.5) is 0 Å². The number of nitrogens with zero attached hydrogens (tertiary/aromatic N) is 1. The molecule has 8 nitrogen and oxygen atoms in total. The number of nitrogens with one attached hydrogen (secondary N) is 1. The van der Waals surface area contributed by atoms with E-state index in [1.807, 2.05) is 27.2 Å². The Bertz CT molecular complexity index is 779. The highest BCUT2D eigenvalue weighted by Crippen LogP contribution is 2.38. The zero-order valence-electron chi connectivity index (χ0n) is 26.7. The molecule has 0 saturated carbocycles. The zero-order valence-corrected chi connectivity index (χ0v) is 27.6. The van der Waals surface area contributed by atoms with Gasteiger partial charge in [-0.2, -0.15) is 0 Å². The standard InChI is InChI=1S/C32H61N2O6P/c1-6-8-9-10-11-12-13-14-15-16-17-18-19-20-21-22-23-24-25-26-31(35)30(33-32(36)7-2)29-40-41(37,38)39-28-27-34(3,4)5/h17-18,21-22,25-26,30-31,35H,6-16,19-20,23-24,27-29H2,1-5H3,(H-,33,36,37,38)/b18-17+,22-21+,26-25+. The van der Waals surface area contributed by atoms with E-state index in [2.05, 4.69) is 36.5 Å². The van der Waals surface area contributed by atoms with E-state index in [1.54, 1.807) is 13.0 Å². The molecule has 0 aliphatic heterocycles. The number of allylic oxidation sites excluding steroid dienone is 5. The molecule has 3 unspecified atom stereocenters. The van der Waals surface area contributed by atoms with Crippen molar-refractivity contribution in [2.24, 2.45) is 0 Å². The predicted octanol–water partition coefficient (Wildman–Crippen LogP) is 6.60. The maximum Gasteiger partial charge on any atom is 0.268 e.